The summed E-state index contributed by atoms with van der Waals surface area (Å²) in [4.78, 5) is 11.2. The van der Waals surface area contributed by atoms with Crippen molar-refractivity contribution >= 4 is 5.97 Å². The van der Waals surface area contributed by atoms with Gasteiger partial charge in [0.15, 0.2) is 0 Å². The van der Waals surface area contributed by atoms with E-state index in [-0.39, 0.29) is 19.2 Å². The summed E-state index contributed by atoms with van der Waals surface area (Å²) in [5, 5.41) is 8.50. The molecule has 0 aliphatic carbocycles. The second-order valence-corrected chi connectivity index (χ2v) is 4.90. The van der Waals surface area contributed by atoms with Crippen LogP contribution in [0.1, 0.15) is 12.8 Å². The van der Waals surface area contributed by atoms with Crippen molar-refractivity contribution in [2.45, 2.75) is 12.8 Å². The van der Waals surface area contributed by atoms with Gasteiger partial charge in [-0.05, 0) is 13.0 Å². The van der Waals surface area contributed by atoms with Gasteiger partial charge >= 0.3 is 5.97 Å². The molecule has 0 saturated carbocycles. The Morgan fingerprint density at radius 1 is 0.680 bits per heavy atom. The number of ether oxygens (including phenoxy) is 6. The molecule has 3 N–H and O–H groups in total. The van der Waals surface area contributed by atoms with Gasteiger partial charge in [-0.15, -0.1) is 0 Å². The fourth-order valence-corrected chi connectivity index (χ4v) is 1.58. The highest BCUT2D eigenvalue weighted by molar-refractivity contribution is 5.69. The molecule has 0 bridgehead atoms. The molecule has 150 valence electrons. The van der Waals surface area contributed by atoms with E-state index in [2.05, 4.69) is 0 Å². The van der Waals surface area contributed by atoms with Crippen LogP contribution in [0.2, 0.25) is 0 Å². The lowest BCUT2D eigenvalue weighted by Gasteiger charge is -2.08. The first kappa shape index (κ1) is 24.2. The van der Waals surface area contributed by atoms with E-state index in [0.29, 0.717) is 85.5 Å². The Balaban J connectivity index is 3.04. The number of carbonyl (C=O) groups excluding carboxylic acids is 1. The van der Waals surface area contributed by atoms with E-state index in [9.17, 15) is 4.79 Å². The molecule has 0 rings (SSSR count). The summed E-state index contributed by atoms with van der Waals surface area (Å²) < 4.78 is 31.2. The summed E-state index contributed by atoms with van der Waals surface area (Å²) >= 11 is 0. The van der Waals surface area contributed by atoms with Gasteiger partial charge in [0.05, 0.1) is 72.7 Å². The van der Waals surface area contributed by atoms with Gasteiger partial charge in [0.2, 0.25) is 0 Å². The van der Waals surface area contributed by atoms with Crippen LogP contribution in [0.4, 0.5) is 0 Å². The molecule has 0 saturated heterocycles. The molecule has 0 aromatic heterocycles. The van der Waals surface area contributed by atoms with Crippen molar-refractivity contribution < 1.29 is 38.3 Å². The van der Waals surface area contributed by atoms with Crippen LogP contribution in [-0.4, -0.2) is 96.9 Å². The predicted octanol–water partition coefficient (Wildman–Crippen LogP) is -0.656. The zero-order valence-electron chi connectivity index (χ0n) is 15.0. The van der Waals surface area contributed by atoms with Crippen LogP contribution in [-0.2, 0) is 33.2 Å². The minimum atomic E-state index is -0.246. The van der Waals surface area contributed by atoms with E-state index >= 15 is 0 Å². The summed E-state index contributed by atoms with van der Waals surface area (Å²) in [6.45, 7) is 5.27. The van der Waals surface area contributed by atoms with E-state index in [4.69, 9.17) is 39.3 Å². The summed E-state index contributed by atoms with van der Waals surface area (Å²) in [6.07, 6.45) is 0.989. The van der Waals surface area contributed by atoms with Gasteiger partial charge in [-0.1, -0.05) is 0 Å². The number of aliphatic hydroxyl groups excluding tert-OH is 1. The second-order valence-electron chi connectivity index (χ2n) is 4.90. The van der Waals surface area contributed by atoms with Gasteiger partial charge in [0.1, 0.15) is 6.61 Å². The molecular weight excluding hydrogens is 334 g/mol. The van der Waals surface area contributed by atoms with E-state index < -0.39 is 0 Å². The lowest BCUT2D eigenvalue weighted by Crippen LogP contribution is -2.15. The molecule has 0 unspecified atom stereocenters. The minimum Gasteiger partial charge on any atom is -0.463 e. The Labute approximate surface area is 149 Å². The standard InChI is InChI=1S/C16H33NO8/c17-3-1-2-16(19)25-15-14-24-13-12-23-11-10-22-9-8-21-7-6-20-5-4-18/h18H,1-15,17H2. The molecule has 0 aliphatic heterocycles. The summed E-state index contributed by atoms with van der Waals surface area (Å²) in [7, 11) is 0. The van der Waals surface area contributed by atoms with Crippen molar-refractivity contribution in [3.05, 3.63) is 0 Å². The van der Waals surface area contributed by atoms with Crippen molar-refractivity contribution in [2.75, 3.05) is 85.8 Å². The fraction of sp³-hybridized carbons (Fsp3) is 0.938. The van der Waals surface area contributed by atoms with E-state index in [1.165, 1.54) is 0 Å². The molecule has 9 heteroatoms. The van der Waals surface area contributed by atoms with Gasteiger partial charge in [-0.25, -0.2) is 0 Å². The number of esters is 1. The van der Waals surface area contributed by atoms with E-state index in [0.717, 1.165) is 0 Å². The van der Waals surface area contributed by atoms with Crippen molar-refractivity contribution in [1.82, 2.24) is 0 Å². The Morgan fingerprint density at radius 3 is 1.48 bits per heavy atom. The normalized spacial score (nSPS) is 11.0. The van der Waals surface area contributed by atoms with Crippen LogP contribution >= 0.6 is 0 Å². The highest BCUT2D eigenvalue weighted by Crippen LogP contribution is 1.91. The molecular formula is C16H33NO8. The monoisotopic (exact) mass is 367 g/mol. The third-order valence-corrected chi connectivity index (χ3v) is 2.80. The number of nitrogens with two attached hydrogens (primary N) is 1. The first-order valence-electron chi connectivity index (χ1n) is 8.66. The number of aliphatic hydroxyl groups is 1. The largest absolute Gasteiger partial charge is 0.463 e. The third kappa shape index (κ3) is 21.1. The summed E-state index contributed by atoms with van der Waals surface area (Å²) in [5.41, 5.74) is 5.30. The number of hydrogen-bond acceptors (Lipinski definition) is 9. The highest BCUT2D eigenvalue weighted by Gasteiger charge is 2.01. The average molecular weight is 367 g/mol. The van der Waals surface area contributed by atoms with Crippen LogP contribution < -0.4 is 5.73 Å². The fourth-order valence-electron chi connectivity index (χ4n) is 1.58. The number of carbonyl (C=O) groups is 1. The minimum absolute atomic E-state index is 0.0246. The Kier molecular flexibility index (Phi) is 20.5. The Bertz CT molecular complexity index is 281. The highest BCUT2D eigenvalue weighted by atomic mass is 16.6. The lowest BCUT2D eigenvalue weighted by atomic mass is 10.3. The van der Waals surface area contributed by atoms with E-state index in [1.54, 1.807) is 0 Å². The maximum Gasteiger partial charge on any atom is 0.305 e. The molecule has 0 aliphatic rings. The summed E-state index contributed by atoms with van der Waals surface area (Å²) in [5.74, 6) is -0.246. The van der Waals surface area contributed by atoms with Gasteiger partial charge in [-0.3, -0.25) is 4.79 Å². The van der Waals surface area contributed by atoms with Gasteiger partial charge in [0, 0.05) is 6.42 Å². The van der Waals surface area contributed by atoms with Crippen molar-refractivity contribution in [3.8, 4) is 0 Å². The lowest BCUT2D eigenvalue weighted by molar-refractivity contribution is -0.145. The SMILES string of the molecule is NCCCC(=O)OCCOCCOCCOCCOCCOCCO. The molecule has 9 nitrogen and oxygen atoms in total. The van der Waals surface area contributed by atoms with Crippen LogP contribution in [0.25, 0.3) is 0 Å². The zero-order chi connectivity index (χ0) is 18.4. The topological polar surface area (TPSA) is 119 Å². The molecule has 0 fully saturated rings. The van der Waals surface area contributed by atoms with Crippen LogP contribution in [0.3, 0.4) is 0 Å². The summed E-state index contributed by atoms with van der Waals surface area (Å²) in [6, 6.07) is 0. The van der Waals surface area contributed by atoms with Crippen LogP contribution in [0, 0.1) is 0 Å². The van der Waals surface area contributed by atoms with Gasteiger partial charge < -0.3 is 39.3 Å². The quantitative estimate of drug-likeness (QED) is 0.213. The Hall–Kier alpha value is -0.810. The smallest absolute Gasteiger partial charge is 0.305 e. The maximum absolute atomic E-state index is 11.2. The van der Waals surface area contributed by atoms with E-state index in [1.807, 2.05) is 0 Å². The first-order chi connectivity index (χ1) is 12.3. The molecule has 0 atom stereocenters. The first-order valence-corrected chi connectivity index (χ1v) is 8.66. The molecule has 0 heterocycles. The van der Waals surface area contributed by atoms with Gasteiger partial charge in [-0.2, -0.15) is 0 Å². The zero-order valence-corrected chi connectivity index (χ0v) is 15.0. The van der Waals surface area contributed by atoms with Crippen molar-refractivity contribution in [3.63, 3.8) is 0 Å². The number of hydrogen-bond donors (Lipinski definition) is 2. The van der Waals surface area contributed by atoms with Crippen LogP contribution in [0.5, 0.6) is 0 Å². The third-order valence-electron chi connectivity index (χ3n) is 2.80. The predicted molar refractivity (Wildman–Crippen MR) is 90.4 cm³/mol. The second kappa shape index (κ2) is 21.2. The van der Waals surface area contributed by atoms with Crippen molar-refractivity contribution in [2.24, 2.45) is 5.73 Å². The van der Waals surface area contributed by atoms with Crippen LogP contribution in [0.15, 0.2) is 0 Å². The number of rotatable bonds is 20. The average Bonchev–Trinajstić information content (AvgIpc) is 2.62. The molecule has 0 aromatic rings. The molecule has 0 aromatic carbocycles. The van der Waals surface area contributed by atoms with Crippen molar-refractivity contribution in [1.29, 1.82) is 0 Å². The molecule has 0 radical (unpaired) electrons. The Morgan fingerprint density at radius 2 is 1.08 bits per heavy atom. The molecule has 25 heavy (non-hydrogen) atoms. The van der Waals surface area contributed by atoms with Gasteiger partial charge in [0.25, 0.3) is 0 Å². The molecule has 0 amide bonds. The molecule has 0 spiro atoms. The maximum atomic E-state index is 11.2.